The van der Waals surface area contributed by atoms with Gasteiger partial charge in [0.2, 0.25) is 17.8 Å². The Morgan fingerprint density at radius 3 is 1.98 bits per heavy atom. The Bertz CT molecular complexity index is 1980. The maximum Gasteiger partial charge on any atom is 0.410 e. The largest absolute Gasteiger partial charge is 0.494 e. The van der Waals surface area contributed by atoms with Crippen LogP contribution in [0.4, 0.5) is 16.7 Å². The van der Waals surface area contributed by atoms with Crippen molar-refractivity contribution in [2.75, 3.05) is 38.3 Å². The fourth-order valence-corrected chi connectivity index (χ4v) is 5.10. The second-order valence-electron chi connectivity index (χ2n) is 11.9. The van der Waals surface area contributed by atoms with Gasteiger partial charge in [0.1, 0.15) is 34.7 Å². The van der Waals surface area contributed by atoms with E-state index in [-0.39, 0.29) is 82.1 Å². The molecule has 1 aliphatic heterocycles. The molecular weight excluding hydrogens is 768 g/mol. The van der Waals surface area contributed by atoms with E-state index in [2.05, 4.69) is 21.8 Å². The molecule has 5 rings (SSSR count). The van der Waals surface area contributed by atoms with Crippen molar-refractivity contribution < 1.29 is 33.7 Å². The molecule has 2 amide bonds. The molecule has 1 aliphatic rings. The highest BCUT2D eigenvalue weighted by Gasteiger charge is 2.32. The number of amides is 2. The van der Waals surface area contributed by atoms with Gasteiger partial charge in [0, 0.05) is 31.7 Å². The summed E-state index contributed by atoms with van der Waals surface area (Å²) in [6.07, 6.45) is 3.32. The molecule has 2 aromatic carbocycles. The van der Waals surface area contributed by atoms with Gasteiger partial charge in [-0.15, -0.1) is 34.0 Å². The minimum absolute atomic E-state index is 0. The van der Waals surface area contributed by atoms with E-state index in [1.807, 2.05) is 32.9 Å². The van der Waals surface area contributed by atoms with Crippen molar-refractivity contribution in [1.82, 2.24) is 24.0 Å². The maximum absolute atomic E-state index is 12.2. The van der Waals surface area contributed by atoms with Crippen LogP contribution in [-0.2, 0) is 17.8 Å². The lowest BCUT2D eigenvalue weighted by Gasteiger charge is -2.37. The Labute approximate surface area is 302 Å². The van der Waals surface area contributed by atoms with Gasteiger partial charge in [-0.2, -0.15) is 0 Å². The number of nitrogens with two attached hydrogens (primary N) is 3. The molecule has 262 valence electrons. The zero-order valence-corrected chi connectivity index (χ0v) is 30.7. The van der Waals surface area contributed by atoms with Crippen LogP contribution in [0.25, 0.3) is 22.1 Å². The number of allylic oxidation sites excluding steroid dienone is 2. The number of carboxylic acid groups (broad SMARTS) is 1. The second-order valence-corrected chi connectivity index (χ2v) is 11.9. The van der Waals surface area contributed by atoms with Crippen LogP contribution in [-0.4, -0.2) is 79.5 Å². The van der Waals surface area contributed by atoms with Crippen LogP contribution in [0.1, 0.15) is 41.5 Å². The Balaban J connectivity index is 0.00000325. The van der Waals surface area contributed by atoms with Gasteiger partial charge in [-0.05, 0) is 45.0 Å². The number of likely N-dealkylation sites (tertiary alicyclic amines) is 1. The number of rotatable bonds is 9. The van der Waals surface area contributed by atoms with Crippen molar-refractivity contribution in [3.8, 4) is 23.3 Å². The van der Waals surface area contributed by atoms with Gasteiger partial charge < -0.3 is 50.6 Å². The zero-order valence-electron chi connectivity index (χ0n) is 27.3. The summed E-state index contributed by atoms with van der Waals surface area (Å²) in [5.41, 5.74) is 19.6. The van der Waals surface area contributed by atoms with Crippen LogP contribution in [0, 0.1) is 17.8 Å². The number of nitrogen functional groups attached to an aromatic ring is 2. The first-order chi connectivity index (χ1) is 22.3. The molecule has 0 aliphatic carbocycles. The van der Waals surface area contributed by atoms with E-state index in [0.717, 1.165) is 0 Å². The summed E-state index contributed by atoms with van der Waals surface area (Å²) in [5, 5.41) is 9.41. The summed E-state index contributed by atoms with van der Waals surface area (Å²) in [7, 11) is 1.44. The first-order valence-electron chi connectivity index (χ1n) is 14.7. The molecule has 49 heavy (non-hydrogen) atoms. The maximum atomic E-state index is 12.2. The quantitative estimate of drug-likeness (QED) is 0.140. The first-order valence-corrected chi connectivity index (χ1v) is 14.7. The average Bonchev–Trinajstić information content (AvgIpc) is 3.46. The van der Waals surface area contributed by atoms with Gasteiger partial charge in [0.15, 0.2) is 0 Å². The van der Waals surface area contributed by atoms with E-state index in [9.17, 15) is 19.5 Å². The van der Waals surface area contributed by atoms with Crippen LogP contribution >= 0.6 is 34.0 Å². The predicted molar refractivity (Wildman–Crippen MR) is 195 cm³/mol. The summed E-state index contributed by atoms with van der Waals surface area (Å²) >= 11 is 0. The number of carbonyl (C=O) groups is 3. The SMILES string of the molecule is Br.Br.COc1cc(C(=O)O)cc2nc(N)n(CC=CCn3c(N)nc4cc(C(N)=O)cc(OCC#CC5CN(C(=O)OC(C)(C)C)C5)c43)c12. The van der Waals surface area contributed by atoms with Gasteiger partial charge in [-0.3, -0.25) is 4.79 Å². The van der Waals surface area contributed by atoms with Crippen molar-refractivity contribution in [2.45, 2.75) is 39.5 Å². The van der Waals surface area contributed by atoms with E-state index in [1.54, 1.807) is 20.1 Å². The van der Waals surface area contributed by atoms with Gasteiger partial charge >= 0.3 is 12.1 Å². The average molecular weight is 807 g/mol. The number of hydrogen-bond acceptors (Lipinski definition) is 10. The van der Waals surface area contributed by atoms with E-state index in [4.69, 9.17) is 31.4 Å². The summed E-state index contributed by atoms with van der Waals surface area (Å²) in [4.78, 5) is 46.0. The number of fused-ring (bicyclic) bond motifs is 2. The van der Waals surface area contributed by atoms with Crippen LogP contribution in [0.3, 0.4) is 0 Å². The first kappa shape index (κ1) is 38.5. The van der Waals surface area contributed by atoms with E-state index in [1.165, 1.54) is 25.3 Å². The molecule has 0 unspecified atom stereocenters. The Hall–Kier alpha value is -4.95. The van der Waals surface area contributed by atoms with Crippen molar-refractivity contribution in [2.24, 2.45) is 11.7 Å². The number of hydrogen-bond donors (Lipinski definition) is 4. The molecule has 4 aromatic rings. The number of carbonyl (C=O) groups excluding carboxylic acids is 2. The van der Waals surface area contributed by atoms with Crippen LogP contribution < -0.4 is 26.7 Å². The standard InChI is InChI=1S/C32H36N8O7.2BrH/c1-32(2,3)47-31(44)38-16-18(17-38)8-7-11-46-24-14-19(27(33)41)12-21-26(24)40(30(35)36-21)10-6-5-9-39-25-22(37-29(39)34)13-20(28(42)43)15-23(25)45-4;;/h5-6,12-15,18H,9-11,16-17H2,1-4H3,(H2,33,41)(H2,34,37)(H2,35,36)(H,42,43);2*1H. The summed E-state index contributed by atoms with van der Waals surface area (Å²) in [5.74, 6) is 5.36. The Morgan fingerprint density at radius 2 is 1.47 bits per heavy atom. The number of anilines is 2. The minimum atomic E-state index is -1.10. The number of methoxy groups -OCH3 is 1. The van der Waals surface area contributed by atoms with Gasteiger partial charge in [-0.1, -0.05) is 24.0 Å². The number of imidazole rings is 2. The number of ether oxygens (including phenoxy) is 3. The van der Waals surface area contributed by atoms with Crippen molar-refractivity contribution in [3.63, 3.8) is 0 Å². The molecule has 0 spiro atoms. The summed E-state index contributed by atoms with van der Waals surface area (Å²) in [6, 6.07) is 5.92. The highest BCUT2D eigenvalue weighted by atomic mass is 79.9. The lowest BCUT2D eigenvalue weighted by molar-refractivity contribution is 0.00588. The smallest absolute Gasteiger partial charge is 0.410 e. The molecule has 1 saturated heterocycles. The molecule has 17 heteroatoms. The number of carboxylic acids is 1. The monoisotopic (exact) mass is 804 g/mol. The number of aromatic carboxylic acids is 1. The molecule has 7 N–H and O–H groups in total. The molecule has 2 aromatic heterocycles. The molecule has 1 fully saturated rings. The topological polar surface area (TPSA) is 216 Å². The van der Waals surface area contributed by atoms with E-state index < -0.39 is 17.5 Å². The van der Waals surface area contributed by atoms with E-state index >= 15 is 0 Å². The number of primary amides is 1. The summed E-state index contributed by atoms with van der Waals surface area (Å²) < 4.78 is 20.2. The summed E-state index contributed by atoms with van der Waals surface area (Å²) in [6.45, 7) is 6.99. The molecule has 15 nitrogen and oxygen atoms in total. The molecule has 0 bridgehead atoms. The third kappa shape index (κ3) is 8.56. The van der Waals surface area contributed by atoms with E-state index in [0.29, 0.717) is 53.2 Å². The third-order valence-corrected chi connectivity index (χ3v) is 7.31. The van der Waals surface area contributed by atoms with Gasteiger partial charge in [-0.25, -0.2) is 19.6 Å². The fourth-order valence-electron chi connectivity index (χ4n) is 5.10. The minimum Gasteiger partial charge on any atom is -0.494 e. The Kier molecular flexibility index (Phi) is 12.2. The molecule has 0 radical (unpaired) electrons. The van der Waals surface area contributed by atoms with Crippen LogP contribution in [0.5, 0.6) is 11.5 Å². The molecule has 0 saturated carbocycles. The highest BCUT2D eigenvalue weighted by molar-refractivity contribution is 8.93. The molecular formula is C32H38Br2N8O7. The Morgan fingerprint density at radius 1 is 0.939 bits per heavy atom. The number of benzene rings is 2. The van der Waals surface area contributed by atoms with Crippen LogP contribution in [0.2, 0.25) is 0 Å². The number of nitrogens with zero attached hydrogens (tertiary/aromatic N) is 5. The van der Waals surface area contributed by atoms with Crippen molar-refractivity contribution >= 4 is 85.9 Å². The third-order valence-electron chi connectivity index (χ3n) is 7.31. The lowest BCUT2D eigenvalue weighted by atomic mass is 10.0. The fraction of sp³-hybridized carbons (Fsp3) is 0.344. The van der Waals surface area contributed by atoms with Crippen LogP contribution in [0.15, 0.2) is 36.4 Å². The number of aromatic nitrogens is 4. The van der Waals surface area contributed by atoms with Crippen molar-refractivity contribution in [1.29, 1.82) is 0 Å². The normalized spacial score (nSPS) is 12.9. The highest BCUT2D eigenvalue weighted by Crippen LogP contribution is 2.31. The lowest BCUT2D eigenvalue weighted by Crippen LogP contribution is -2.51. The zero-order chi connectivity index (χ0) is 34.0. The second kappa shape index (κ2) is 15.5. The van der Waals surface area contributed by atoms with Crippen molar-refractivity contribution in [3.05, 3.63) is 47.5 Å². The van der Waals surface area contributed by atoms with Gasteiger partial charge in [0.05, 0.1) is 29.6 Å². The van der Waals surface area contributed by atoms with Gasteiger partial charge in [0.25, 0.3) is 0 Å². The predicted octanol–water partition coefficient (Wildman–Crippen LogP) is 4.02. The molecule has 0 atom stereocenters. The number of halogens is 2. The molecule has 3 heterocycles.